The second kappa shape index (κ2) is 13.8. The molecular weight excluding hydrogens is 552 g/mol. The number of fused-ring (bicyclic) bond motifs is 1. The van der Waals surface area contributed by atoms with E-state index in [1.54, 1.807) is 0 Å². The number of oxime groups is 1. The quantitative estimate of drug-likeness (QED) is 0.231. The summed E-state index contributed by atoms with van der Waals surface area (Å²) < 4.78 is 41.0. The first kappa shape index (κ1) is 30.7. The molecule has 1 aliphatic carbocycles. The fourth-order valence-corrected chi connectivity index (χ4v) is 4.49. The Balaban J connectivity index is 0.000000571. The molecule has 6 N–H and O–H groups in total. The standard InChI is InChI=1S/C19H24F3N5O2.C4H9N2.Y/c20-19(21,22)16-10-15(27(17(23)28)7-1-6-25-29)3-2-13(16)4-8-26-9-5-14-11-18(14,24)12-26;1-2-6-4-3-5-1;/h1-3,6-7,10,14,29H,4-5,8-9,11-12,24H2,(H2,23,28);5H,1-4H2;/q;-1;/b7-1-,25-6+;;. The molecule has 1 aromatic rings. The van der Waals surface area contributed by atoms with E-state index < -0.39 is 17.8 Å². The number of likely N-dealkylation sites (tertiary alicyclic amines) is 1. The first-order valence-electron chi connectivity index (χ1n) is 11.6. The molecule has 1 radical (unpaired) electrons. The van der Waals surface area contributed by atoms with Gasteiger partial charge in [-0.05, 0) is 68.6 Å². The number of amides is 2. The minimum Gasteiger partial charge on any atom is -0.660 e. The van der Waals surface area contributed by atoms with Crippen molar-refractivity contribution < 1.29 is 55.9 Å². The molecule has 36 heavy (non-hydrogen) atoms. The molecule has 13 heteroatoms. The van der Waals surface area contributed by atoms with Gasteiger partial charge in [-0.2, -0.15) is 13.2 Å². The zero-order chi connectivity index (χ0) is 25.5. The van der Waals surface area contributed by atoms with Crippen LogP contribution in [-0.4, -0.2) is 73.7 Å². The van der Waals surface area contributed by atoms with Crippen molar-refractivity contribution in [2.75, 3.05) is 50.7 Å². The molecule has 2 saturated heterocycles. The Kier molecular flexibility index (Phi) is 11.8. The Labute approximate surface area is 234 Å². The molecule has 3 aliphatic rings. The molecule has 0 aromatic heterocycles. The number of rotatable bonds is 6. The number of anilines is 1. The van der Waals surface area contributed by atoms with Crippen molar-refractivity contribution in [3.05, 3.63) is 46.9 Å². The summed E-state index contributed by atoms with van der Waals surface area (Å²) in [6.07, 6.45) is 0.876. The van der Waals surface area contributed by atoms with Crippen molar-refractivity contribution >= 4 is 17.9 Å². The van der Waals surface area contributed by atoms with E-state index in [4.69, 9.17) is 16.7 Å². The molecule has 4 rings (SSSR count). The van der Waals surface area contributed by atoms with Crippen LogP contribution in [0.4, 0.5) is 23.7 Å². The molecule has 0 spiro atoms. The van der Waals surface area contributed by atoms with Crippen LogP contribution in [0.1, 0.15) is 24.0 Å². The van der Waals surface area contributed by atoms with Crippen LogP contribution in [0.5, 0.6) is 0 Å². The molecule has 2 aliphatic heterocycles. The number of hydrogen-bond acceptors (Lipinski definition) is 6. The molecule has 1 saturated carbocycles. The van der Waals surface area contributed by atoms with Crippen LogP contribution in [0.3, 0.4) is 0 Å². The van der Waals surface area contributed by atoms with Crippen LogP contribution >= 0.6 is 0 Å². The third-order valence-corrected chi connectivity index (χ3v) is 6.48. The zero-order valence-corrected chi connectivity index (χ0v) is 23.0. The Bertz CT molecular complexity index is 916. The normalized spacial score (nSPS) is 23.9. The van der Waals surface area contributed by atoms with Gasteiger partial charge >= 0.3 is 12.2 Å². The number of alkyl halides is 3. The van der Waals surface area contributed by atoms with Crippen LogP contribution in [0.15, 0.2) is 35.6 Å². The maximum absolute atomic E-state index is 13.7. The largest absolute Gasteiger partial charge is 0.660 e. The van der Waals surface area contributed by atoms with Gasteiger partial charge in [-0.3, -0.25) is 4.90 Å². The fourth-order valence-electron chi connectivity index (χ4n) is 4.49. The average Bonchev–Trinajstić information content (AvgIpc) is 3.52. The predicted molar refractivity (Wildman–Crippen MR) is 129 cm³/mol. The number of hydrogen-bond donors (Lipinski definition) is 4. The number of nitrogens with one attached hydrogen (secondary N) is 1. The Morgan fingerprint density at radius 1 is 1.36 bits per heavy atom. The number of urea groups is 1. The second-order valence-corrected chi connectivity index (χ2v) is 9.02. The molecule has 197 valence electrons. The second-order valence-electron chi connectivity index (χ2n) is 9.02. The Hall–Kier alpha value is -1.57. The van der Waals surface area contributed by atoms with Crippen LogP contribution in [0, 0.1) is 5.92 Å². The first-order valence-corrected chi connectivity index (χ1v) is 11.6. The first-order chi connectivity index (χ1) is 16.6. The third kappa shape index (κ3) is 8.77. The number of piperazine rings is 1. The molecule has 2 heterocycles. The number of primary amides is 1. The topological polar surface area (TPSA) is 134 Å². The summed E-state index contributed by atoms with van der Waals surface area (Å²) in [7, 11) is 0. The SMILES string of the molecule is C1CNCC[N-]1.NC(=O)N(/C=C\C=N\O)c1ccc(CCN2CCC3CC3(N)C2)c(C(F)(F)F)c1.[Y]. The van der Waals surface area contributed by atoms with E-state index in [-0.39, 0.29) is 55.9 Å². The van der Waals surface area contributed by atoms with Gasteiger partial charge in [0.25, 0.3) is 0 Å². The number of carbonyl (C=O) groups is 1. The summed E-state index contributed by atoms with van der Waals surface area (Å²) in [5.41, 5.74) is 10.6. The summed E-state index contributed by atoms with van der Waals surface area (Å²) in [5, 5.41) is 18.4. The van der Waals surface area contributed by atoms with Gasteiger partial charge in [-0.1, -0.05) is 11.2 Å². The zero-order valence-electron chi connectivity index (χ0n) is 20.1. The van der Waals surface area contributed by atoms with Crippen molar-refractivity contribution in [1.29, 1.82) is 0 Å². The molecule has 2 unspecified atom stereocenters. The maximum Gasteiger partial charge on any atom is 0.416 e. The van der Waals surface area contributed by atoms with Gasteiger partial charge in [-0.25, -0.2) is 4.79 Å². The van der Waals surface area contributed by atoms with E-state index in [2.05, 4.69) is 20.7 Å². The summed E-state index contributed by atoms with van der Waals surface area (Å²) in [4.78, 5) is 14.6. The number of nitrogens with zero attached hydrogens (tertiary/aromatic N) is 4. The number of benzene rings is 1. The van der Waals surface area contributed by atoms with Crippen molar-refractivity contribution in [3.63, 3.8) is 0 Å². The number of halogens is 3. The molecule has 2 atom stereocenters. The van der Waals surface area contributed by atoms with E-state index in [1.165, 1.54) is 18.2 Å². The molecule has 3 fully saturated rings. The van der Waals surface area contributed by atoms with Crippen molar-refractivity contribution in [3.8, 4) is 0 Å². The molecule has 9 nitrogen and oxygen atoms in total. The van der Waals surface area contributed by atoms with E-state index in [0.717, 1.165) is 68.9 Å². The monoisotopic (exact) mass is 585 g/mol. The number of piperidine rings is 1. The summed E-state index contributed by atoms with van der Waals surface area (Å²) in [6, 6.07) is 2.71. The summed E-state index contributed by atoms with van der Waals surface area (Å²) >= 11 is 0. The average molecular weight is 585 g/mol. The van der Waals surface area contributed by atoms with Crippen LogP contribution in [-0.2, 0) is 45.3 Å². The van der Waals surface area contributed by atoms with Crippen molar-refractivity contribution in [2.45, 2.75) is 31.0 Å². The number of allylic oxidation sites excluding steroid dienone is 1. The molecular formula is C23H33F3N7O2Y-. The van der Waals surface area contributed by atoms with E-state index in [1.807, 2.05) is 0 Å². The van der Waals surface area contributed by atoms with Crippen LogP contribution < -0.4 is 21.7 Å². The van der Waals surface area contributed by atoms with E-state index in [0.29, 0.717) is 19.0 Å². The molecule has 2 amide bonds. The van der Waals surface area contributed by atoms with Gasteiger partial charge < -0.3 is 32.2 Å². The molecule has 0 bridgehead atoms. The minimum absolute atomic E-state index is 0. The maximum atomic E-state index is 13.7. The van der Waals surface area contributed by atoms with Gasteiger partial charge in [0.2, 0.25) is 0 Å². The van der Waals surface area contributed by atoms with Gasteiger partial charge in [0.15, 0.2) is 0 Å². The summed E-state index contributed by atoms with van der Waals surface area (Å²) in [5.74, 6) is 0.549. The van der Waals surface area contributed by atoms with Crippen LogP contribution in [0.2, 0.25) is 0 Å². The number of nitrogens with two attached hydrogens (primary N) is 2. The van der Waals surface area contributed by atoms with Gasteiger partial charge in [0.05, 0.1) is 17.5 Å². The minimum atomic E-state index is -4.58. The molecule has 1 aromatic carbocycles. The Morgan fingerprint density at radius 2 is 2.08 bits per heavy atom. The van der Waals surface area contributed by atoms with Gasteiger partial charge in [0, 0.05) is 57.5 Å². The van der Waals surface area contributed by atoms with Gasteiger partial charge in [0.1, 0.15) is 0 Å². The van der Waals surface area contributed by atoms with Crippen molar-refractivity contribution in [2.24, 2.45) is 22.5 Å². The van der Waals surface area contributed by atoms with Gasteiger partial charge in [-0.15, -0.1) is 13.1 Å². The fraction of sp³-hybridized carbons (Fsp3) is 0.565. The summed E-state index contributed by atoms with van der Waals surface area (Å²) in [6.45, 7) is 6.24. The smallest absolute Gasteiger partial charge is 0.416 e. The number of carbonyl (C=O) groups excluding carboxylic acids is 1. The van der Waals surface area contributed by atoms with Crippen molar-refractivity contribution in [1.82, 2.24) is 10.2 Å². The van der Waals surface area contributed by atoms with E-state index in [9.17, 15) is 18.0 Å². The third-order valence-electron chi connectivity index (χ3n) is 6.48. The Morgan fingerprint density at radius 3 is 2.61 bits per heavy atom. The predicted octanol–water partition coefficient (Wildman–Crippen LogP) is 2.49. The van der Waals surface area contributed by atoms with Crippen LogP contribution in [0.25, 0.3) is 5.32 Å². The van der Waals surface area contributed by atoms with E-state index >= 15 is 0 Å².